The molecule has 7 heteroatoms. The molecule has 1 aliphatic carbocycles. The van der Waals surface area contributed by atoms with Gasteiger partial charge < -0.3 is 10.2 Å². The molecule has 3 heterocycles. The predicted octanol–water partition coefficient (Wildman–Crippen LogP) is 1.02. The molecule has 4 rings (SSSR count). The third-order valence-corrected chi connectivity index (χ3v) is 5.97. The number of carbonyl (C=O) groups excluding carboxylic acids is 2. The van der Waals surface area contributed by atoms with Crippen LogP contribution in [0.3, 0.4) is 0 Å². The molecule has 1 aromatic rings. The smallest absolute Gasteiger partial charge is 0.257 e. The van der Waals surface area contributed by atoms with Gasteiger partial charge in [-0.3, -0.25) is 19.2 Å². The van der Waals surface area contributed by atoms with Crippen LogP contribution in [0.5, 0.6) is 0 Å². The zero-order valence-electron chi connectivity index (χ0n) is 15.6. The molecule has 0 aromatic carbocycles. The van der Waals surface area contributed by atoms with E-state index < -0.39 is 0 Å². The molecule has 2 saturated heterocycles. The Morgan fingerprint density at radius 1 is 1.12 bits per heavy atom. The minimum Gasteiger partial charge on any atom is -0.353 e. The molecule has 2 aliphatic heterocycles. The first kappa shape index (κ1) is 17.5. The van der Waals surface area contributed by atoms with Gasteiger partial charge in [0, 0.05) is 45.0 Å². The number of hydrogen-bond donors (Lipinski definition) is 1. The lowest BCUT2D eigenvalue weighted by Crippen LogP contribution is -2.51. The minimum absolute atomic E-state index is 0.0804. The molecule has 3 aliphatic rings. The highest BCUT2D eigenvalue weighted by molar-refractivity contribution is 5.93. The summed E-state index contributed by atoms with van der Waals surface area (Å²) in [5, 5.41) is 7.26. The van der Waals surface area contributed by atoms with Gasteiger partial charge in [0.1, 0.15) is 0 Å². The van der Waals surface area contributed by atoms with Crippen LogP contribution in [0.15, 0.2) is 12.4 Å². The average Bonchev–Trinajstić information content (AvgIpc) is 3.38. The van der Waals surface area contributed by atoms with Gasteiger partial charge in [-0.25, -0.2) is 0 Å². The minimum atomic E-state index is 0.0804. The Morgan fingerprint density at radius 3 is 2.54 bits per heavy atom. The fraction of sp³-hybridized carbons (Fsp3) is 0.737. The topological polar surface area (TPSA) is 70.5 Å². The van der Waals surface area contributed by atoms with Crippen molar-refractivity contribution in [3.63, 3.8) is 0 Å². The van der Waals surface area contributed by atoms with Gasteiger partial charge in [0.2, 0.25) is 5.91 Å². The molecule has 0 radical (unpaired) electrons. The van der Waals surface area contributed by atoms with Crippen LogP contribution in [0.4, 0.5) is 0 Å². The van der Waals surface area contributed by atoms with Crippen molar-refractivity contribution in [1.29, 1.82) is 0 Å². The Balaban J connectivity index is 1.28. The van der Waals surface area contributed by atoms with Gasteiger partial charge in [0.05, 0.1) is 17.7 Å². The summed E-state index contributed by atoms with van der Waals surface area (Å²) in [6.07, 6.45) is 9.79. The number of aromatic nitrogens is 2. The molecule has 0 bridgehead atoms. The fourth-order valence-corrected chi connectivity index (χ4v) is 4.25. The van der Waals surface area contributed by atoms with E-state index >= 15 is 0 Å². The highest BCUT2D eigenvalue weighted by atomic mass is 16.2. The zero-order chi connectivity index (χ0) is 18.1. The molecule has 7 nitrogen and oxygen atoms in total. The third-order valence-electron chi connectivity index (χ3n) is 5.97. The lowest BCUT2D eigenvalue weighted by molar-refractivity contribution is -0.127. The Hall–Kier alpha value is -1.89. The summed E-state index contributed by atoms with van der Waals surface area (Å²) in [6, 6.07) is 0.934. The Bertz CT molecular complexity index is 661. The van der Waals surface area contributed by atoms with E-state index in [2.05, 4.69) is 15.3 Å². The summed E-state index contributed by atoms with van der Waals surface area (Å²) < 4.78 is 1.67. The van der Waals surface area contributed by atoms with E-state index in [0.29, 0.717) is 17.6 Å². The van der Waals surface area contributed by atoms with Crippen molar-refractivity contribution in [2.45, 2.75) is 50.6 Å². The molecule has 142 valence electrons. The normalized spacial score (nSPS) is 25.3. The highest BCUT2D eigenvalue weighted by Crippen LogP contribution is 2.26. The number of carbonyl (C=O) groups is 2. The number of nitrogens with one attached hydrogen (secondary N) is 1. The van der Waals surface area contributed by atoms with E-state index in [0.717, 1.165) is 64.7 Å². The molecular formula is C19H29N5O2. The monoisotopic (exact) mass is 359 g/mol. The first-order chi connectivity index (χ1) is 12.6. The van der Waals surface area contributed by atoms with E-state index in [9.17, 15) is 9.59 Å². The largest absolute Gasteiger partial charge is 0.353 e. The molecule has 1 atom stereocenters. The summed E-state index contributed by atoms with van der Waals surface area (Å²) >= 11 is 0. The van der Waals surface area contributed by atoms with Gasteiger partial charge in [-0.05, 0) is 45.1 Å². The van der Waals surface area contributed by atoms with Crippen LogP contribution in [-0.4, -0.2) is 69.7 Å². The van der Waals surface area contributed by atoms with Crippen molar-refractivity contribution >= 4 is 11.8 Å². The summed E-state index contributed by atoms with van der Waals surface area (Å²) in [5.74, 6) is 0.470. The van der Waals surface area contributed by atoms with E-state index in [-0.39, 0.29) is 17.7 Å². The van der Waals surface area contributed by atoms with Crippen LogP contribution >= 0.6 is 0 Å². The number of nitrogens with zero attached hydrogens (tertiary/aromatic N) is 4. The van der Waals surface area contributed by atoms with Crippen molar-refractivity contribution < 1.29 is 9.59 Å². The SMILES string of the molecule is Cn1cc(C(=O)N2CCC(N3CCCC(C(=O)NC4CC4)C3)CC2)cn1. The third kappa shape index (κ3) is 3.92. The summed E-state index contributed by atoms with van der Waals surface area (Å²) in [7, 11) is 1.83. The van der Waals surface area contributed by atoms with Gasteiger partial charge in [0.15, 0.2) is 0 Å². The standard InChI is InChI=1S/C19H29N5O2/c1-22-12-15(11-20-22)19(26)23-9-6-17(7-10-23)24-8-2-3-14(13-24)18(25)21-16-4-5-16/h11-12,14,16-17H,2-10,13H2,1H3,(H,21,25). The maximum Gasteiger partial charge on any atom is 0.257 e. The molecule has 26 heavy (non-hydrogen) atoms. The van der Waals surface area contributed by atoms with E-state index in [4.69, 9.17) is 0 Å². The second-order valence-corrected chi connectivity index (χ2v) is 8.04. The molecular weight excluding hydrogens is 330 g/mol. The second kappa shape index (κ2) is 7.39. The summed E-state index contributed by atoms with van der Waals surface area (Å²) in [4.78, 5) is 29.4. The molecule has 1 saturated carbocycles. The number of amides is 2. The van der Waals surface area contributed by atoms with Crippen molar-refractivity contribution in [3.8, 4) is 0 Å². The summed E-state index contributed by atoms with van der Waals surface area (Å²) in [5.41, 5.74) is 0.667. The number of rotatable bonds is 4. The fourth-order valence-electron chi connectivity index (χ4n) is 4.25. The van der Waals surface area contributed by atoms with Gasteiger partial charge in [0.25, 0.3) is 5.91 Å². The highest BCUT2D eigenvalue weighted by Gasteiger charge is 2.34. The van der Waals surface area contributed by atoms with Crippen LogP contribution in [0.25, 0.3) is 0 Å². The molecule has 3 fully saturated rings. The predicted molar refractivity (Wildman–Crippen MR) is 97.6 cm³/mol. The Labute approximate surface area is 154 Å². The van der Waals surface area contributed by atoms with Crippen LogP contribution in [-0.2, 0) is 11.8 Å². The molecule has 0 spiro atoms. The number of piperidine rings is 2. The molecule has 2 amide bonds. The molecule has 1 unspecified atom stereocenters. The van der Waals surface area contributed by atoms with Gasteiger partial charge in [-0.15, -0.1) is 0 Å². The van der Waals surface area contributed by atoms with Crippen molar-refractivity contribution in [2.75, 3.05) is 26.2 Å². The van der Waals surface area contributed by atoms with E-state index in [1.807, 2.05) is 11.9 Å². The molecule has 1 N–H and O–H groups in total. The van der Waals surface area contributed by atoms with Crippen molar-refractivity contribution in [3.05, 3.63) is 18.0 Å². The van der Waals surface area contributed by atoms with Crippen LogP contribution in [0.1, 0.15) is 48.9 Å². The average molecular weight is 359 g/mol. The van der Waals surface area contributed by atoms with Crippen molar-refractivity contribution in [1.82, 2.24) is 24.9 Å². The first-order valence-corrected chi connectivity index (χ1v) is 9.92. The second-order valence-electron chi connectivity index (χ2n) is 8.04. The Kier molecular flexibility index (Phi) is 4.98. The van der Waals surface area contributed by atoms with Gasteiger partial charge in [-0.2, -0.15) is 5.10 Å². The number of aryl methyl sites for hydroxylation is 1. The summed E-state index contributed by atoms with van der Waals surface area (Å²) in [6.45, 7) is 3.52. The van der Waals surface area contributed by atoms with Gasteiger partial charge in [-0.1, -0.05) is 0 Å². The van der Waals surface area contributed by atoms with Crippen LogP contribution in [0, 0.1) is 5.92 Å². The van der Waals surface area contributed by atoms with E-state index in [1.54, 1.807) is 17.1 Å². The van der Waals surface area contributed by atoms with E-state index in [1.165, 1.54) is 0 Å². The van der Waals surface area contributed by atoms with Gasteiger partial charge >= 0.3 is 0 Å². The quantitative estimate of drug-likeness (QED) is 0.871. The maximum atomic E-state index is 12.6. The van der Waals surface area contributed by atoms with Crippen LogP contribution in [0.2, 0.25) is 0 Å². The lowest BCUT2D eigenvalue weighted by Gasteiger charge is -2.42. The first-order valence-electron chi connectivity index (χ1n) is 9.92. The number of likely N-dealkylation sites (tertiary alicyclic amines) is 2. The lowest BCUT2D eigenvalue weighted by atomic mass is 9.93. The number of hydrogen-bond acceptors (Lipinski definition) is 4. The van der Waals surface area contributed by atoms with Crippen LogP contribution < -0.4 is 5.32 Å². The Morgan fingerprint density at radius 2 is 1.88 bits per heavy atom. The van der Waals surface area contributed by atoms with Crippen molar-refractivity contribution in [2.24, 2.45) is 13.0 Å². The maximum absolute atomic E-state index is 12.6. The molecule has 1 aromatic heterocycles. The zero-order valence-corrected chi connectivity index (χ0v) is 15.6.